The van der Waals surface area contributed by atoms with Crippen LogP contribution in [0, 0.1) is 0 Å². The van der Waals surface area contributed by atoms with Crippen LogP contribution in [-0.2, 0) is 0 Å². The largest absolute Gasteiger partial charge is 0.495 e. The van der Waals surface area contributed by atoms with Crippen LogP contribution in [0.1, 0.15) is 20.7 Å². The second-order valence-electron chi connectivity index (χ2n) is 5.60. The molecule has 0 atom stereocenters. The van der Waals surface area contributed by atoms with Gasteiger partial charge in [0.2, 0.25) is 5.56 Å². The molecule has 2 amide bonds. The monoisotopic (exact) mass is 363 g/mol. The summed E-state index contributed by atoms with van der Waals surface area (Å²) in [5.74, 6) is -0.304. The summed E-state index contributed by atoms with van der Waals surface area (Å²) in [4.78, 5) is 38.6. The van der Waals surface area contributed by atoms with Gasteiger partial charge in [0, 0.05) is 12.3 Å². The lowest BCUT2D eigenvalue weighted by Crippen LogP contribution is -2.19. The van der Waals surface area contributed by atoms with Gasteiger partial charge in [-0.05, 0) is 30.3 Å². The number of hydrogen-bond acceptors (Lipinski definition) is 4. The number of H-pyrrole nitrogens is 1. The normalized spacial score (nSPS) is 10.1. The van der Waals surface area contributed by atoms with Crippen LogP contribution in [0.3, 0.4) is 0 Å². The minimum absolute atomic E-state index is 0.273. The third-order valence-corrected chi connectivity index (χ3v) is 3.82. The van der Waals surface area contributed by atoms with Gasteiger partial charge in [0.05, 0.1) is 29.6 Å². The number of carbonyl (C=O) groups is 2. The number of para-hydroxylation sites is 3. The van der Waals surface area contributed by atoms with E-state index in [-0.39, 0.29) is 11.1 Å². The zero-order valence-electron chi connectivity index (χ0n) is 14.5. The highest BCUT2D eigenvalue weighted by atomic mass is 16.5. The Labute approximate surface area is 155 Å². The van der Waals surface area contributed by atoms with Gasteiger partial charge in [0.25, 0.3) is 11.8 Å². The molecule has 7 nitrogen and oxygen atoms in total. The molecule has 0 aliphatic carbocycles. The van der Waals surface area contributed by atoms with E-state index in [4.69, 9.17) is 4.74 Å². The molecule has 1 aromatic heterocycles. The first kappa shape index (κ1) is 17.9. The van der Waals surface area contributed by atoms with Gasteiger partial charge < -0.3 is 20.4 Å². The Bertz CT molecular complexity index is 1020. The Morgan fingerprint density at radius 3 is 2.22 bits per heavy atom. The third kappa shape index (κ3) is 4.21. The molecule has 2 aromatic carbocycles. The van der Waals surface area contributed by atoms with Crippen molar-refractivity contribution < 1.29 is 14.3 Å². The fourth-order valence-electron chi connectivity index (χ4n) is 2.47. The van der Waals surface area contributed by atoms with Gasteiger partial charge in [-0.15, -0.1) is 0 Å². The first-order valence-corrected chi connectivity index (χ1v) is 8.12. The highest BCUT2D eigenvalue weighted by molar-refractivity contribution is 6.12. The van der Waals surface area contributed by atoms with Crippen molar-refractivity contribution in [3.63, 3.8) is 0 Å². The van der Waals surface area contributed by atoms with Gasteiger partial charge in [-0.1, -0.05) is 24.3 Å². The second kappa shape index (κ2) is 8.01. The molecular formula is C20H17N3O4. The van der Waals surface area contributed by atoms with E-state index < -0.39 is 11.8 Å². The Morgan fingerprint density at radius 2 is 1.52 bits per heavy atom. The molecule has 0 spiro atoms. The molecule has 3 rings (SSSR count). The topological polar surface area (TPSA) is 100 Å². The maximum Gasteiger partial charge on any atom is 0.257 e. The Morgan fingerprint density at radius 1 is 0.852 bits per heavy atom. The van der Waals surface area contributed by atoms with Crippen LogP contribution < -0.4 is 20.9 Å². The van der Waals surface area contributed by atoms with Gasteiger partial charge in [-0.2, -0.15) is 0 Å². The summed E-state index contributed by atoms with van der Waals surface area (Å²) >= 11 is 0. The lowest BCUT2D eigenvalue weighted by molar-refractivity contribution is 0.102. The molecule has 3 aromatic rings. The smallest absolute Gasteiger partial charge is 0.257 e. The predicted molar refractivity (Wildman–Crippen MR) is 102 cm³/mol. The van der Waals surface area contributed by atoms with E-state index in [0.29, 0.717) is 22.7 Å². The molecule has 7 heteroatoms. The van der Waals surface area contributed by atoms with E-state index in [0.717, 1.165) is 0 Å². The fourth-order valence-corrected chi connectivity index (χ4v) is 2.47. The second-order valence-corrected chi connectivity index (χ2v) is 5.60. The summed E-state index contributed by atoms with van der Waals surface area (Å²) in [6, 6.07) is 16.3. The Kier molecular flexibility index (Phi) is 5.32. The maximum absolute atomic E-state index is 12.7. The van der Waals surface area contributed by atoms with Crippen LogP contribution in [0.4, 0.5) is 11.4 Å². The lowest BCUT2D eigenvalue weighted by Gasteiger charge is -2.13. The molecule has 0 unspecified atom stereocenters. The summed E-state index contributed by atoms with van der Waals surface area (Å²) in [6.07, 6.45) is 1.31. The molecular weight excluding hydrogens is 346 g/mol. The number of amides is 2. The molecule has 27 heavy (non-hydrogen) atoms. The standard InChI is InChI=1S/C20H17N3O4/c1-27-17-9-5-4-8-16(17)23-20(26)14-6-2-3-7-15(14)22-19(25)13-10-11-18(24)21-12-13/h2-12H,1H3,(H,21,24)(H,22,25)(H,23,26). The number of hydrogen-bond donors (Lipinski definition) is 3. The quantitative estimate of drug-likeness (QED) is 0.649. The van der Waals surface area contributed by atoms with Crippen molar-refractivity contribution in [3.8, 4) is 5.75 Å². The number of methoxy groups -OCH3 is 1. The van der Waals surface area contributed by atoms with Crippen molar-refractivity contribution in [2.24, 2.45) is 0 Å². The molecule has 0 saturated heterocycles. The number of rotatable bonds is 5. The van der Waals surface area contributed by atoms with E-state index in [1.54, 1.807) is 48.5 Å². The van der Waals surface area contributed by atoms with Crippen molar-refractivity contribution in [2.75, 3.05) is 17.7 Å². The number of ether oxygens (including phenoxy) is 1. The SMILES string of the molecule is COc1ccccc1NC(=O)c1ccccc1NC(=O)c1ccc(=O)[nH]c1. The van der Waals surface area contributed by atoms with Crippen molar-refractivity contribution in [2.45, 2.75) is 0 Å². The van der Waals surface area contributed by atoms with Gasteiger partial charge in [0.15, 0.2) is 0 Å². The zero-order valence-corrected chi connectivity index (χ0v) is 14.5. The molecule has 0 bridgehead atoms. The maximum atomic E-state index is 12.7. The van der Waals surface area contributed by atoms with Gasteiger partial charge in [-0.25, -0.2) is 0 Å². The number of pyridine rings is 1. The molecule has 3 N–H and O–H groups in total. The van der Waals surface area contributed by atoms with E-state index >= 15 is 0 Å². The molecule has 1 heterocycles. The molecule has 0 aliphatic rings. The molecule has 0 radical (unpaired) electrons. The Balaban J connectivity index is 1.83. The predicted octanol–water partition coefficient (Wildman–Crippen LogP) is 2.89. The number of carbonyl (C=O) groups excluding carboxylic acids is 2. The van der Waals surface area contributed by atoms with Gasteiger partial charge in [0.1, 0.15) is 5.75 Å². The molecule has 0 fully saturated rings. The van der Waals surface area contributed by atoms with Crippen molar-refractivity contribution in [1.29, 1.82) is 0 Å². The van der Waals surface area contributed by atoms with Crippen LogP contribution >= 0.6 is 0 Å². The molecule has 136 valence electrons. The van der Waals surface area contributed by atoms with E-state index in [1.807, 2.05) is 0 Å². The molecule has 0 aliphatic heterocycles. The van der Waals surface area contributed by atoms with Crippen molar-refractivity contribution >= 4 is 23.2 Å². The van der Waals surface area contributed by atoms with E-state index in [1.165, 1.54) is 25.4 Å². The van der Waals surface area contributed by atoms with Crippen molar-refractivity contribution in [3.05, 3.63) is 88.3 Å². The first-order valence-electron chi connectivity index (χ1n) is 8.12. The average Bonchev–Trinajstić information content (AvgIpc) is 2.69. The van der Waals surface area contributed by atoms with Crippen LogP contribution in [0.2, 0.25) is 0 Å². The summed E-state index contributed by atoms with van der Waals surface area (Å²) in [5.41, 5.74) is 1.13. The summed E-state index contributed by atoms with van der Waals surface area (Å²) in [6.45, 7) is 0. The minimum atomic E-state index is -0.441. The third-order valence-electron chi connectivity index (χ3n) is 3.82. The molecule has 0 saturated carbocycles. The van der Waals surface area contributed by atoms with Gasteiger partial charge in [-0.3, -0.25) is 14.4 Å². The van der Waals surface area contributed by atoms with Crippen LogP contribution in [0.5, 0.6) is 5.75 Å². The van der Waals surface area contributed by atoms with Crippen LogP contribution in [0.25, 0.3) is 0 Å². The lowest BCUT2D eigenvalue weighted by atomic mass is 10.1. The fraction of sp³-hybridized carbons (Fsp3) is 0.0500. The first-order chi connectivity index (χ1) is 13.1. The Hall–Kier alpha value is -3.87. The van der Waals surface area contributed by atoms with Crippen LogP contribution in [0.15, 0.2) is 71.7 Å². The minimum Gasteiger partial charge on any atom is -0.495 e. The number of benzene rings is 2. The number of aromatic nitrogens is 1. The number of nitrogens with one attached hydrogen (secondary N) is 3. The summed E-state index contributed by atoms with van der Waals surface area (Å²) < 4.78 is 5.23. The van der Waals surface area contributed by atoms with Gasteiger partial charge >= 0.3 is 0 Å². The van der Waals surface area contributed by atoms with Crippen molar-refractivity contribution in [1.82, 2.24) is 4.98 Å². The van der Waals surface area contributed by atoms with E-state index in [9.17, 15) is 14.4 Å². The highest BCUT2D eigenvalue weighted by Crippen LogP contribution is 2.25. The number of anilines is 2. The number of aromatic amines is 1. The van der Waals surface area contributed by atoms with Crippen LogP contribution in [-0.4, -0.2) is 23.9 Å². The highest BCUT2D eigenvalue weighted by Gasteiger charge is 2.15. The van der Waals surface area contributed by atoms with E-state index in [2.05, 4.69) is 15.6 Å². The summed E-state index contributed by atoms with van der Waals surface area (Å²) in [5, 5.41) is 5.46. The summed E-state index contributed by atoms with van der Waals surface area (Å²) in [7, 11) is 1.52. The average molecular weight is 363 g/mol. The zero-order chi connectivity index (χ0) is 19.2.